The lowest BCUT2D eigenvalue weighted by atomic mass is 9.88. The summed E-state index contributed by atoms with van der Waals surface area (Å²) in [5, 5.41) is 4.08. The molecule has 1 aromatic heterocycles. The van der Waals surface area contributed by atoms with Crippen LogP contribution in [0.15, 0.2) is 61.1 Å². The lowest BCUT2D eigenvalue weighted by Crippen LogP contribution is -2.36. The van der Waals surface area contributed by atoms with E-state index in [2.05, 4.69) is 19.6 Å². The Balaban J connectivity index is 1.63. The Hall–Kier alpha value is -2.51. The first-order chi connectivity index (χ1) is 13.4. The molecule has 1 aliphatic rings. The van der Waals surface area contributed by atoms with Crippen LogP contribution in [0, 0.1) is 0 Å². The predicted octanol–water partition coefficient (Wildman–Crippen LogP) is 4.84. The Labute approximate surface area is 164 Å². The molecule has 2 heterocycles. The van der Waals surface area contributed by atoms with Gasteiger partial charge in [-0.1, -0.05) is 23.7 Å². The first-order valence-electron chi connectivity index (χ1n) is 8.73. The minimum atomic E-state index is -4.70. The van der Waals surface area contributed by atoms with E-state index in [4.69, 9.17) is 11.6 Å². The first kappa shape index (κ1) is 18.8. The molecule has 0 amide bonds. The molecule has 0 bridgehead atoms. The Bertz CT molecular complexity index is 946. The minimum absolute atomic E-state index is 0.256. The fraction of sp³-hybridized carbons (Fsp3) is 0.250. The van der Waals surface area contributed by atoms with Gasteiger partial charge in [0.15, 0.2) is 0 Å². The summed E-state index contributed by atoms with van der Waals surface area (Å²) in [5.41, 5.74) is 2.24. The highest BCUT2D eigenvalue weighted by atomic mass is 35.5. The molecule has 0 saturated carbocycles. The van der Waals surface area contributed by atoms with E-state index in [9.17, 15) is 13.2 Å². The van der Waals surface area contributed by atoms with Gasteiger partial charge in [0, 0.05) is 23.3 Å². The molecule has 0 spiro atoms. The molecular formula is C20H17ClF3N3O. The van der Waals surface area contributed by atoms with Crippen LogP contribution in [0.5, 0.6) is 5.75 Å². The molecular weight excluding hydrogens is 391 g/mol. The normalized spacial score (nSPS) is 19.7. The van der Waals surface area contributed by atoms with Crippen molar-refractivity contribution in [1.82, 2.24) is 14.9 Å². The van der Waals surface area contributed by atoms with E-state index in [0.29, 0.717) is 16.3 Å². The lowest BCUT2D eigenvalue weighted by Gasteiger charge is -2.30. The molecule has 28 heavy (non-hydrogen) atoms. The number of benzene rings is 2. The smallest absolute Gasteiger partial charge is 0.406 e. The molecule has 3 aromatic rings. The number of ether oxygens (including phenoxy) is 1. The van der Waals surface area contributed by atoms with Crippen molar-refractivity contribution in [2.75, 3.05) is 13.1 Å². The topological polar surface area (TPSA) is 39.1 Å². The lowest BCUT2D eigenvalue weighted by molar-refractivity contribution is -0.274. The highest BCUT2D eigenvalue weighted by molar-refractivity contribution is 6.30. The minimum Gasteiger partial charge on any atom is -0.406 e. The second-order valence-electron chi connectivity index (χ2n) is 6.70. The predicted molar refractivity (Wildman–Crippen MR) is 100 cm³/mol. The zero-order valence-corrected chi connectivity index (χ0v) is 15.5. The summed E-state index contributed by atoms with van der Waals surface area (Å²) in [6.07, 6.45) is -0.134. The van der Waals surface area contributed by atoms with E-state index in [1.54, 1.807) is 18.5 Å². The number of alkyl halides is 3. The van der Waals surface area contributed by atoms with Crippen molar-refractivity contribution in [2.45, 2.75) is 18.3 Å². The van der Waals surface area contributed by atoms with E-state index in [1.165, 1.54) is 12.1 Å². The summed E-state index contributed by atoms with van der Waals surface area (Å²) >= 11 is 6.03. The quantitative estimate of drug-likeness (QED) is 0.672. The molecule has 2 aromatic carbocycles. The molecule has 0 unspecified atom stereocenters. The van der Waals surface area contributed by atoms with Gasteiger partial charge >= 0.3 is 6.36 Å². The zero-order valence-electron chi connectivity index (χ0n) is 14.7. The second-order valence-corrected chi connectivity index (χ2v) is 7.14. The summed E-state index contributed by atoms with van der Waals surface area (Å²) in [6.45, 7) is 1.63. The standard InChI is InChI=1S/C20H17ClF3N3O/c21-16-5-3-15(4-6-16)19(9-10-25-12-19)27-11-18(26-13-27)14-1-7-17(8-2-14)28-20(22,23)24/h1-8,11,13,25H,9-10,12H2/t19-/m1/s1. The number of imidazole rings is 1. The van der Waals surface area contributed by atoms with Crippen molar-refractivity contribution >= 4 is 11.6 Å². The third-order valence-electron chi connectivity index (χ3n) is 4.97. The third kappa shape index (κ3) is 3.72. The van der Waals surface area contributed by atoms with Crippen LogP contribution in [-0.4, -0.2) is 29.0 Å². The highest BCUT2D eigenvalue weighted by Gasteiger charge is 2.37. The van der Waals surface area contributed by atoms with Gasteiger partial charge in [0.2, 0.25) is 0 Å². The molecule has 1 N–H and O–H groups in total. The van der Waals surface area contributed by atoms with Crippen LogP contribution < -0.4 is 10.1 Å². The maximum absolute atomic E-state index is 12.3. The molecule has 1 fully saturated rings. The number of rotatable bonds is 4. The Morgan fingerprint density at radius 3 is 2.39 bits per heavy atom. The van der Waals surface area contributed by atoms with Crippen LogP contribution in [0.2, 0.25) is 5.02 Å². The van der Waals surface area contributed by atoms with Crippen LogP contribution in [-0.2, 0) is 5.54 Å². The number of nitrogens with zero attached hydrogens (tertiary/aromatic N) is 2. The Morgan fingerprint density at radius 2 is 1.79 bits per heavy atom. The molecule has 8 heteroatoms. The average Bonchev–Trinajstić information content (AvgIpc) is 3.32. The van der Waals surface area contributed by atoms with Crippen molar-refractivity contribution < 1.29 is 17.9 Å². The van der Waals surface area contributed by atoms with Gasteiger partial charge < -0.3 is 14.6 Å². The monoisotopic (exact) mass is 407 g/mol. The van der Waals surface area contributed by atoms with Crippen LogP contribution >= 0.6 is 11.6 Å². The third-order valence-corrected chi connectivity index (χ3v) is 5.23. The van der Waals surface area contributed by atoms with Gasteiger partial charge in [0.25, 0.3) is 0 Å². The summed E-state index contributed by atoms with van der Waals surface area (Å²) in [6, 6.07) is 13.5. The van der Waals surface area contributed by atoms with Crippen molar-refractivity contribution in [3.63, 3.8) is 0 Å². The molecule has 4 nitrogen and oxygen atoms in total. The molecule has 1 aliphatic heterocycles. The Kier molecular flexibility index (Phi) is 4.81. The fourth-order valence-electron chi connectivity index (χ4n) is 3.59. The zero-order chi connectivity index (χ0) is 19.8. The molecule has 0 aliphatic carbocycles. The molecule has 1 saturated heterocycles. The van der Waals surface area contributed by atoms with Gasteiger partial charge in [0.05, 0.1) is 17.6 Å². The molecule has 146 valence electrons. The van der Waals surface area contributed by atoms with Crippen LogP contribution in [0.3, 0.4) is 0 Å². The molecule has 0 radical (unpaired) electrons. The van der Waals surface area contributed by atoms with Crippen molar-refractivity contribution in [2.24, 2.45) is 0 Å². The van der Waals surface area contributed by atoms with E-state index < -0.39 is 6.36 Å². The maximum atomic E-state index is 12.3. The van der Waals surface area contributed by atoms with E-state index in [0.717, 1.165) is 25.1 Å². The van der Waals surface area contributed by atoms with Crippen molar-refractivity contribution in [3.05, 3.63) is 71.6 Å². The fourth-order valence-corrected chi connectivity index (χ4v) is 3.71. The van der Waals surface area contributed by atoms with E-state index in [1.807, 2.05) is 30.5 Å². The second kappa shape index (κ2) is 7.14. The number of nitrogens with one attached hydrogen (secondary N) is 1. The first-order valence-corrected chi connectivity index (χ1v) is 9.11. The van der Waals surface area contributed by atoms with Gasteiger partial charge in [-0.05, 0) is 54.9 Å². The van der Waals surface area contributed by atoms with Crippen LogP contribution in [0.4, 0.5) is 13.2 Å². The molecule has 4 rings (SSSR count). The van der Waals surface area contributed by atoms with Gasteiger partial charge in [0.1, 0.15) is 5.75 Å². The van der Waals surface area contributed by atoms with Gasteiger partial charge in [-0.15, -0.1) is 13.2 Å². The van der Waals surface area contributed by atoms with Gasteiger partial charge in [-0.2, -0.15) is 0 Å². The largest absolute Gasteiger partial charge is 0.573 e. The summed E-state index contributed by atoms with van der Waals surface area (Å²) in [5.74, 6) is -0.256. The van der Waals surface area contributed by atoms with Crippen LogP contribution in [0.25, 0.3) is 11.3 Å². The number of hydrogen-bond donors (Lipinski definition) is 1. The van der Waals surface area contributed by atoms with E-state index >= 15 is 0 Å². The van der Waals surface area contributed by atoms with Gasteiger partial charge in [-0.25, -0.2) is 4.98 Å². The highest BCUT2D eigenvalue weighted by Crippen LogP contribution is 2.35. The summed E-state index contributed by atoms with van der Waals surface area (Å²) < 4.78 is 42.9. The van der Waals surface area contributed by atoms with Crippen LogP contribution in [0.1, 0.15) is 12.0 Å². The number of hydrogen-bond acceptors (Lipinski definition) is 3. The summed E-state index contributed by atoms with van der Waals surface area (Å²) in [7, 11) is 0. The van der Waals surface area contributed by atoms with Crippen molar-refractivity contribution in [3.8, 4) is 17.0 Å². The Morgan fingerprint density at radius 1 is 1.07 bits per heavy atom. The average molecular weight is 408 g/mol. The maximum Gasteiger partial charge on any atom is 0.573 e. The van der Waals surface area contributed by atoms with Crippen molar-refractivity contribution in [1.29, 1.82) is 0 Å². The number of aromatic nitrogens is 2. The summed E-state index contributed by atoms with van der Waals surface area (Å²) in [4.78, 5) is 4.47. The molecule has 1 atom stereocenters. The number of halogens is 4. The van der Waals surface area contributed by atoms with E-state index in [-0.39, 0.29) is 11.3 Å². The van der Waals surface area contributed by atoms with Gasteiger partial charge in [-0.3, -0.25) is 0 Å². The SMILES string of the molecule is FC(F)(F)Oc1ccc(-c2cn([C@]3(c4ccc(Cl)cc4)CCNC3)cn2)cc1.